The summed E-state index contributed by atoms with van der Waals surface area (Å²) in [5.74, 6) is 1.94. The van der Waals surface area contributed by atoms with Crippen molar-refractivity contribution in [2.45, 2.75) is 20.3 Å². The summed E-state index contributed by atoms with van der Waals surface area (Å²) in [6, 6.07) is 0. The predicted molar refractivity (Wildman–Crippen MR) is 80.0 cm³/mol. The number of anilines is 2. The van der Waals surface area contributed by atoms with E-state index in [1.165, 1.54) is 0 Å². The van der Waals surface area contributed by atoms with E-state index in [4.69, 9.17) is 4.74 Å². The Kier molecular flexibility index (Phi) is 5.11. The van der Waals surface area contributed by atoms with Crippen molar-refractivity contribution in [2.75, 3.05) is 37.4 Å². The van der Waals surface area contributed by atoms with Gasteiger partial charge in [0.1, 0.15) is 5.82 Å². The molecule has 0 bridgehead atoms. The Hall–Kier alpha value is -1.89. The molecular formula is C13H22N6O. The van der Waals surface area contributed by atoms with Gasteiger partial charge in [0.05, 0.1) is 11.6 Å². The normalized spacial score (nSPS) is 11.2. The van der Waals surface area contributed by atoms with Crippen LogP contribution in [0.25, 0.3) is 11.0 Å². The fraction of sp³-hybridized carbons (Fsp3) is 0.615. The number of hydrogen-bond donors (Lipinski definition) is 3. The quantitative estimate of drug-likeness (QED) is 0.639. The van der Waals surface area contributed by atoms with Gasteiger partial charge in [-0.3, -0.25) is 5.10 Å². The van der Waals surface area contributed by atoms with Gasteiger partial charge in [0.2, 0.25) is 5.95 Å². The molecule has 0 saturated heterocycles. The van der Waals surface area contributed by atoms with Gasteiger partial charge in [-0.2, -0.15) is 15.1 Å². The van der Waals surface area contributed by atoms with Gasteiger partial charge >= 0.3 is 0 Å². The summed E-state index contributed by atoms with van der Waals surface area (Å²) in [6.45, 7) is 6.66. The number of nitrogens with zero attached hydrogens (tertiary/aromatic N) is 3. The number of nitrogens with one attached hydrogen (secondary N) is 3. The van der Waals surface area contributed by atoms with Gasteiger partial charge in [-0.15, -0.1) is 0 Å². The van der Waals surface area contributed by atoms with E-state index < -0.39 is 0 Å². The van der Waals surface area contributed by atoms with Crippen LogP contribution >= 0.6 is 0 Å². The Balaban J connectivity index is 1.87. The molecule has 0 aromatic carbocycles. The van der Waals surface area contributed by atoms with Crippen molar-refractivity contribution in [1.82, 2.24) is 20.2 Å². The van der Waals surface area contributed by atoms with Crippen molar-refractivity contribution >= 4 is 22.8 Å². The largest absolute Gasteiger partial charge is 0.381 e. The lowest BCUT2D eigenvalue weighted by atomic mass is 10.2. The predicted octanol–water partition coefficient (Wildman–Crippen LogP) is 1.87. The van der Waals surface area contributed by atoms with Crippen LogP contribution in [0.15, 0.2) is 6.20 Å². The Morgan fingerprint density at radius 2 is 2.20 bits per heavy atom. The van der Waals surface area contributed by atoms with Crippen LogP contribution in [0.1, 0.15) is 20.3 Å². The second-order valence-corrected chi connectivity index (χ2v) is 5.03. The average Bonchev–Trinajstić information content (AvgIpc) is 2.90. The molecule has 0 aliphatic carbocycles. The average molecular weight is 278 g/mol. The lowest BCUT2D eigenvalue weighted by molar-refractivity contribution is 0.110. The highest BCUT2D eigenvalue weighted by molar-refractivity contribution is 5.86. The SMILES string of the molecule is CNc1nc(NCCCOCC(C)C)c2cn[nH]c2n1. The number of hydrogen-bond acceptors (Lipinski definition) is 6. The van der Waals surface area contributed by atoms with E-state index in [0.29, 0.717) is 11.9 Å². The van der Waals surface area contributed by atoms with Crippen LogP contribution < -0.4 is 10.6 Å². The molecule has 0 fully saturated rings. The Morgan fingerprint density at radius 1 is 1.35 bits per heavy atom. The molecule has 0 aliphatic rings. The number of H-pyrrole nitrogens is 1. The molecule has 0 amide bonds. The molecule has 2 aromatic rings. The molecule has 20 heavy (non-hydrogen) atoms. The molecule has 0 aliphatic heterocycles. The monoisotopic (exact) mass is 278 g/mol. The standard InChI is InChI=1S/C13H22N6O/c1-9(2)8-20-6-4-5-15-11-10-7-16-19-12(10)18-13(14-3)17-11/h7,9H,4-6,8H2,1-3H3,(H3,14,15,16,17,18,19). The van der Waals surface area contributed by atoms with Gasteiger partial charge in [-0.1, -0.05) is 13.8 Å². The highest BCUT2D eigenvalue weighted by Crippen LogP contribution is 2.19. The first-order chi connectivity index (χ1) is 9.70. The molecule has 0 saturated carbocycles. The molecule has 0 spiro atoms. The summed E-state index contributed by atoms with van der Waals surface area (Å²) in [7, 11) is 1.79. The van der Waals surface area contributed by atoms with Crippen LogP contribution in [0.2, 0.25) is 0 Å². The van der Waals surface area contributed by atoms with Crippen LogP contribution in [0.4, 0.5) is 11.8 Å². The molecule has 3 N–H and O–H groups in total. The van der Waals surface area contributed by atoms with Crippen molar-refractivity contribution in [3.05, 3.63) is 6.20 Å². The Bertz CT molecular complexity index is 539. The van der Waals surface area contributed by atoms with Crippen LogP contribution in [0.5, 0.6) is 0 Å². The van der Waals surface area contributed by atoms with Crippen LogP contribution in [-0.4, -0.2) is 47.0 Å². The first kappa shape index (κ1) is 14.5. The van der Waals surface area contributed by atoms with Gasteiger partial charge in [-0.05, 0) is 12.3 Å². The molecular weight excluding hydrogens is 256 g/mol. The summed E-state index contributed by atoms with van der Waals surface area (Å²) < 4.78 is 5.55. The summed E-state index contributed by atoms with van der Waals surface area (Å²) in [6.07, 6.45) is 2.66. The summed E-state index contributed by atoms with van der Waals surface area (Å²) in [5.41, 5.74) is 0.725. The maximum absolute atomic E-state index is 5.55. The van der Waals surface area contributed by atoms with Crippen molar-refractivity contribution in [3.63, 3.8) is 0 Å². The first-order valence-corrected chi connectivity index (χ1v) is 6.91. The van der Waals surface area contributed by atoms with E-state index >= 15 is 0 Å². The van der Waals surface area contributed by atoms with Crippen molar-refractivity contribution in [3.8, 4) is 0 Å². The zero-order chi connectivity index (χ0) is 14.4. The number of aromatic amines is 1. The zero-order valence-electron chi connectivity index (χ0n) is 12.2. The first-order valence-electron chi connectivity index (χ1n) is 6.91. The van der Waals surface area contributed by atoms with E-state index in [1.54, 1.807) is 13.2 Å². The van der Waals surface area contributed by atoms with E-state index in [1.807, 2.05) is 0 Å². The molecule has 7 nitrogen and oxygen atoms in total. The van der Waals surface area contributed by atoms with Crippen LogP contribution in [-0.2, 0) is 4.74 Å². The Labute approximate surface area is 118 Å². The molecule has 7 heteroatoms. The second kappa shape index (κ2) is 7.04. The molecule has 0 atom stereocenters. The molecule has 2 rings (SSSR count). The zero-order valence-corrected chi connectivity index (χ0v) is 12.2. The van der Waals surface area contributed by atoms with E-state index in [9.17, 15) is 0 Å². The minimum atomic E-state index is 0.570. The lowest BCUT2D eigenvalue weighted by Gasteiger charge is -2.09. The van der Waals surface area contributed by atoms with Gasteiger partial charge in [0.25, 0.3) is 0 Å². The van der Waals surface area contributed by atoms with Gasteiger partial charge in [-0.25, -0.2) is 0 Å². The van der Waals surface area contributed by atoms with E-state index in [-0.39, 0.29) is 0 Å². The smallest absolute Gasteiger partial charge is 0.226 e. The van der Waals surface area contributed by atoms with E-state index in [0.717, 1.165) is 43.0 Å². The highest BCUT2D eigenvalue weighted by atomic mass is 16.5. The maximum atomic E-state index is 5.55. The molecule has 0 radical (unpaired) electrons. The lowest BCUT2D eigenvalue weighted by Crippen LogP contribution is -2.10. The van der Waals surface area contributed by atoms with E-state index in [2.05, 4.69) is 44.6 Å². The summed E-state index contributed by atoms with van der Waals surface area (Å²) in [5, 5.41) is 14.0. The van der Waals surface area contributed by atoms with Crippen molar-refractivity contribution in [1.29, 1.82) is 0 Å². The molecule has 2 heterocycles. The van der Waals surface area contributed by atoms with Crippen molar-refractivity contribution in [2.24, 2.45) is 5.92 Å². The number of ether oxygens (including phenoxy) is 1. The molecule has 0 unspecified atom stereocenters. The van der Waals surface area contributed by atoms with Crippen molar-refractivity contribution < 1.29 is 4.74 Å². The van der Waals surface area contributed by atoms with Gasteiger partial charge in [0, 0.05) is 26.8 Å². The summed E-state index contributed by atoms with van der Waals surface area (Å²) >= 11 is 0. The second-order valence-electron chi connectivity index (χ2n) is 5.03. The molecule has 2 aromatic heterocycles. The minimum Gasteiger partial charge on any atom is -0.381 e. The number of rotatable bonds is 8. The maximum Gasteiger partial charge on any atom is 0.226 e. The Morgan fingerprint density at radius 3 is 2.95 bits per heavy atom. The fourth-order valence-electron chi connectivity index (χ4n) is 1.78. The highest BCUT2D eigenvalue weighted by Gasteiger charge is 2.08. The fourth-order valence-corrected chi connectivity index (χ4v) is 1.78. The number of fused-ring (bicyclic) bond motifs is 1. The third-order valence-corrected chi connectivity index (χ3v) is 2.74. The van der Waals surface area contributed by atoms with Gasteiger partial charge in [0.15, 0.2) is 5.65 Å². The minimum absolute atomic E-state index is 0.570. The third-order valence-electron chi connectivity index (χ3n) is 2.74. The van der Waals surface area contributed by atoms with Crippen LogP contribution in [0.3, 0.4) is 0 Å². The van der Waals surface area contributed by atoms with Crippen LogP contribution in [0, 0.1) is 5.92 Å². The topological polar surface area (TPSA) is 87.8 Å². The third kappa shape index (κ3) is 3.80. The summed E-state index contributed by atoms with van der Waals surface area (Å²) in [4.78, 5) is 8.69. The van der Waals surface area contributed by atoms with Gasteiger partial charge < -0.3 is 15.4 Å². The number of aromatic nitrogens is 4. The molecule has 110 valence electrons.